The summed E-state index contributed by atoms with van der Waals surface area (Å²) in [5, 5.41) is 18.9. The van der Waals surface area contributed by atoms with Crippen LogP contribution in [0.1, 0.15) is 12.6 Å². The summed E-state index contributed by atoms with van der Waals surface area (Å²) in [5.74, 6) is -1.12. The van der Waals surface area contributed by atoms with Gasteiger partial charge in [0.1, 0.15) is 30.2 Å². The Morgan fingerprint density at radius 3 is 2.93 bits per heavy atom. The number of fused-ring (bicyclic) bond motifs is 1. The van der Waals surface area contributed by atoms with E-state index in [0.29, 0.717) is 11.2 Å². The molecule has 0 bridgehead atoms. The molecule has 0 saturated carbocycles. The molecule has 154 valence electrons. The molecule has 1 saturated heterocycles. The quantitative estimate of drug-likeness (QED) is 0.309. The van der Waals surface area contributed by atoms with Crippen molar-refractivity contribution < 1.29 is 38.3 Å². The monoisotopic (exact) mass is 418 g/mol. The zero-order valence-corrected chi connectivity index (χ0v) is 15.3. The molecule has 1 aliphatic heterocycles. The molecule has 5 atom stereocenters. The van der Waals surface area contributed by atoms with Crippen molar-refractivity contribution in [3.63, 3.8) is 0 Å². The van der Waals surface area contributed by atoms with Gasteiger partial charge in [-0.3, -0.25) is 14.0 Å². The molecular weight excluding hydrogens is 399 g/mol. The molecule has 3 rings (SSSR count). The Labute approximate surface area is 157 Å². The maximum atomic E-state index is 11.8. The number of rotatable bonds is 7. The molecule has 0 aromatic carbocycles. The topological polar surface area (TPSA) is 218 Å². The van der Waals surface area contributed by atoms with E-state index in [1.807, 2.05) is 0 Å². The standard InChI is InChI=1S/C13H19N6O8P/c14-6(2-20)13(22)27-28(23,24)25-3-8-7(21)1-9(26-8)19-5-18-10-11(15)16-4-17-12(10)19/h4-9,20-21H,1-3,14H2,(H,23,24)(H2,15,16,17)/t6-,7?,8+,9+/m0/s1. The SMILES string of the molecule is Nc1ncnc2c1ncn2[C@H]1CC(O)[C@@H](COP(=O)(O)OC(=O)[C@@H](N)CO)O1. The van der Waals surface area contributed by atoms with Gasteiger partial charge in [0.25, 0.3) is 0 Å². The van der Waals surface area contributed by atoms with Crippen molar-refractivity contribution in [2.75, 3.05) is 18.9 Å². The number of aromatic nitrogens is 4. The predicted molar refractivity (Wildman–Crippen MR) is 91.2 cm³/mol. The number of ether oxygens (including phenoxy) is 1. The zero-order valence-electron chi connectivity index (χ0n) is 14.4. The minimum atomic E-state index is -4.81. The Bertz CT molecular complexity index is 908. The number of hydrogen-bond donors (Lipinski definition) is 5. The summed E-state index contributed by atoms with van der Waals surface area (Å²) in [5.41, 5.74) is 11.7. The molecule has 0 amide bonds. The smallest absolute Gasteiger partial charge is 0.394 e. The summed E-state index contributed by atoms with van der Waals surface area (Å²) in [4.78, 5) is 33.0. The number of carbonyl (C=O) groups excluding carboxylic acids is 1. The van der Waals surface area contributed by atoms with Gasteiger partial charge in [-0.25, -0.2) is 24.3 Å². The summed E-state index contributed by atoms with van der Waals surface area (Å²) < 4.78 is 27.9. The third kappa shape index (κ3) is 4.28. The van der Waals surface area contributed by atoms with Crippen LogP contribution in [-0.4, -0.2) is 72.1 Å². The number of imidazole rings is 1. The molecule has 2 unspecified atom stereocenters. The Balaban J connectivity index is 1.63. The third-order valence-corrected chi connectivity index (χ3v) is 4.89. The van der Waals surface area contributed by atoms with Crippen LogP contribution < -0.4 is 11.5 Å². The summed E-state index contributed by atoms with van der Waals surface area (Å²) in [6.07, 6.45) is 0.0743. The molecule has 1 aliphatic rings. The van der Waals surface area contributed by atoms with Crippen LogP contribution in [0, 0.1) is 0 Å². The fraction of sp³-hybridized carbons (Fsp3) is 0.538. The molecule has 7 N–H and O–H groups in total. The number of anilines is 1. The van der Waals surface area contributed by atoms with Crippen LogP contribution in [-0.2, 0) is 23.1 Å². The first-order valence-electron chi connectivity index (χ1n) is 8.05. The van der Waals surface area contributed by atoms with E-state index in [1.54, 1.807) is 0 Å². The highest BCUT2D eigenvalue weighted by Crippen LogP contribution is 2.44. The third-order valence-electron chi connectivity index (χ3n) is 4.01. The van der Waals surface area contributed by atoms with E-state index < -0.39 is 51.5 Å². The summed E-state index contributed by atoms with van der Waals surface area (Å²) in [7, 11) is -4.81. The molecule has 0 aliphatic carbocycles. The van der Waals surface area contributed by atoms with Gasteiger partial charge in [-0.2, -0.15) is 0 Å². The number of aliphatic hydroxyl groups is 2. The van der Waals surface area contributed by atoms with Crippen molar-refractivity contribution in [2.45, 2.75) is 30.9 Å². The molecule has 28 heavy (non-hydrogen) atoms. The molecule has 15 heteroatoms. The number of nitrogen functional groups attached to an aromatic ring is 1. The second-order valence-corrected chi connectivity index (χ2v) is 7.36. The van der Waals surface area contributed by atoms with Crippen LogP contribution in [0.4, 0.5) is 5.82 Å². The minimum absolute atomic E-state index is 0.119. The summed E-state index contributed by atoms with van der Waals surface area (Å²) in [6, 6.07) is -1.48. The lowest BCUT2D eigenvalue weighted by atomic mass is 10.2. The van der Waals surface area contributed by atoms with Crippen molar-refractivity contribution in [1.29, 1.82) is 0 Å². The largest absolute Gasteiger partial charge is 0.529 e. The molecule has 3 heterocycles. The number of carbonyl (C=O) groups is 1. The summed E-state index contributed by atoms with van der Waals surface area (Å²) in [6.45, 7) is -1.31. The Morgan fingerprint density at radius 2 is 2.21 bits per heavy atom. The van der Waals surface area contributed by atoms with Gasteiger partial charge in [0.05, 0.1) is 25.6 Å². The van der Waals surface area contributed by atoms with Gasteiger partial charge in [-0.1, -0.05) is 0 Å². The molecule has 0 radical (unpaired) electrons. The van der Waals surface area contributed by atoms with Crippen LogP contribution in [0.5, 0.6) is 0 Å². The molecule has 0 spiro atoms. The Hall–Kier alpha value is -2.19. The second-order valence-electron chi connectivity index (χ2n) is 5.98. The van der Waals surface area contributed by atoms with Gasteiger partial charge < -0.3 is 30.9 Å². The van der Waals surface area contributed by atoms with E-state index >= 15 is 0 Å². The Morgan fingerprint density at radius 1 is 1.46 bits per heavy atom. The fourth-order valence-electron chi connectivity index (χ4n) is 2.57. The van der Waals surface area contributed by atoms with Crippen LogP contribution >= 0.6 is 7.82 Å². The Kier molecular flexibility index (Phi) is 5.90. The van der Waals surface area contributed by atoms with Crippen molar-refractivity contribution >= 4 is 30.8 Å². The lowest BCUT2D eigenvalue weighted by Gasteiger charge is -2.18. The van der Waals surface area contributed by atoms with E-state index in [-0.39, 0.29) is 12.2 Å². The van der Waals surface area contributed by atoms with Crippen molar-refractivity contribution in [3.05, 3.63) is 12.7 Å². The average molecular weight is 418 g/mol. The van der Waals surface area contributed by atoms with E-state index in [1.165, 1.54) is 17.2 Å². The van der Waals surface area contributed by atoms with Crippen LogP contribution in [0.25, 0.3) is 11.2 Å². The fourth-order valence-corrected chi connectivity index (χ4v) is 3.32. The summed E-state index contributed by atoms with van der Waals surface area (Å²) >= 11 is 0. The van der Waals surface area contributed by atoms with Gasteiger partial charge in [-0.15, -0.1) is 0 Å². The van der Waals surface area contributed by atoms with Gasteiger partial charge in [0, 0.05) is 6.42 Å². The first-order chi connectivity index (χ1) is 13.2. The lowest BCUT2D eigenvalue weighted by Crippen LogP contribution is -2.35. The first-order valence-corrected chi connectivity index (χ1v) is 9.55. The lowest BCUT2D eigenvalue weighted by molar-refractivity contribution is -0.138. The zero-order chi connectivity index (χ0) is 20.5. The molecular formula is C13H19N6O8P. The molecule has 1 fully saturated rings. The highest BCUT2D eigenvalue weighted by molar-refractivity contribution is 7.48. The minimum Gasteiger partial charge on any atom is -0.394 e. The van der Waals surface area contributed by atoms with Crippen LogP contribution in [0.15, 0.2) is 12.7 Å². The van der Waals surface area contributed by atoms with Crippen LogP contribution in [0.3, 0.4) is 0 Å². The maximum absolute atomic E-state index is 11.8. The molecule has 2 aromatic rings. The van der Waals surface area contributed by atoms with Crippen molar-refractivity contribution in [1.82, 2.24) is 19.5 Å². The van der Waals surface area contributed by atoms with Crippen LogP contribution in [0.2, 0.25) is 0 Å². The average Bonchev–Trinajstić information content (AvgIpc) is 3.23. The number of aliphatic hydroxyl groups excluding tert-OH is 2. The van der Waals surface area contributed by atoms with E-state index in [4.69, 9.17) is 25.8 Å². The van der Waals surface area contributed by atoms with Crippen molar-refractivity contribution in [2.24, 2.45) is 5.73 Å². The van der Waals surface area contributed by atoms with Gasteiger partial charge >= 0.3 is 13.8 Å². The van der Waals surface area contributed by atoms with Crippen molar-refractivity contribution in [3.8, 4) is 0 Å². The van der Waals surface area contributed by atoms with Gasteiger partial charge in [-0.05, 0) is 0 Å². The first kappa shape index (κ1) is 20.5. The number of hydrogen-bond acceptors (Lipinski definition) is 12. The highest BCUT2D eigenvalue weighted by Gasteiger charge is 2.39. The number of phosphoric acid groups is 1. The highest BCUT2D eigenvalue weighted by atomic mass is 31.2. The van der Waals surface area contributed by atoms with Gasteiger partial charge in [0.15, 0.2) is 11.5 Å². The molecule has 2 aromatic heterocycles. The van der Waals surface area contributed by atoms with E-state index in [9.17, 15) is 19.4 Å². The normalized spacial score (nSPS) is 25.5. The second kappa shape index (κ2) is 8.05. The number of nitrogens with two attached hydrogens (primary N) is 2. The van der Waals surface area contributed by atoms with E-state index in [0.717, 1.165) is 0 Å². The van der Waals surface area contributed by atoms with Gasteiger partial charge in [0.2, 0.25) is 0 Å². The molecule has 14 nitrogen and oxygen atoms in total. The predicted octanol–water partition coefficient (Wildman–Crippen LogP) is -1.96. The number of phosphoric ester groups is 1. The maximum Gasteiger partial charge on any atom is 0.529 e. The number of nitrogens with zero attached hydrogens (tertiary/aromatic N) is 4. The van der Waals surface area contributed by atoms with E-state index in [2.05, 4.69) is 19.5 Å².